The van der Waals surface area contributed by atoms with Crippen molar-refractivity contribution in [1.82, 2.24) is 0 Å². The summed E-state index contributed by atoms with van der Waals surface area (Å²) < 4.78 is 10.5. The summed E-state index contributed by atoms with van der Waals surface area (Å²) in [4.78, 5) is 28.5. The van der Waals surface area contributed by atoms with E-state index in [-0.39, 0.29) is 11.8 Å². The number of thioether (sulfide) groups is 1. The Morgan fingerprint density at radius 2 is 1.76 bits per heavy atom. The van der Waals surface area contributed by atoms with Gasteiger partial charge in [-0.1, -0.05) is 13.0 Å². The second-order valence-corrected chi connectivity index (χ2v) is 7.35. The van der Waals surface area contributed by atoms with Crippen LogP contribution in [-0.2, 0) is 9.59 Å². The number of methoxy groups -OCH3 is 2. The van der Waals surface area contributed by atoms with Gasteiger partial charge in [0.1, 0.15) is 11.5 Å². The van der Waals surface area contributed by atoms with Crippen LogP contribution < -0.4 is 14.4 Å². The second-order valence-electron chi connectivity index (χ2n) is 5.13. The van der Waals surface area contributed by atoms with Crippen LogP contribution in [-0.4, -0.2) is 31.8 Å². The maximum atomic E-state index is 13.1. The zero-order chi connectivity index (χ0) is 18.0. The number of carbonyl (C=O) groups excluding carboxylic acids is 2. The lowest BCUT2D eigenvalue weighted by atomic mass is 10.2. The Morgan fingerprint density at radius 1 is 1.08 bits per heavy atom. The van der Waals surface area contributed by atoms with Crippen molar-refractivity contribution in [1.29, 1.82) is 0 Å². The summed E-state index contributed by atoms with van der Waals surface area (Å²) in [7, 11) is 3.06. The molecule has 25 heavy (non-hydrogen) atoms. The van der Waals surface area contributed by atoms with Crippen molar-refractivity contribution in [3.8, 4) is 11.5 Å². The van der Waals surface area contributed by atoms with Gasteiger partial charge in [0.2, 0.25) is 0 Å². The molecule has 2 aromatic rings. The molecule has 1 aromatic carbocycles. The fourth-order valence-electron chi connectivity index (χ4n) is 2.58. The molecule has 1 aliphatic heterocycles. The highest BCUT2D eigenvalue weighted by atomic mass is 32.2. The first kappa shape index (κ1) is 17.6. The summed E-state index contributed by atoms with van der Waals surface area (Å²) in [6.45, 7) is 1.96. The van der Waals surface area contributed by atoms with E-state index in [1.807, 2.05) is 24.4 Å². The number of amides is 2. The van der Waals surface area contributed by atoms with Gasteiger partial charge in [-0.15, -0.1) is 23.1 Å². The lowest BCUT2D eigenvalue weighted by molar-refractivity contribution is -0.119. The molecule has 0 saturated heterocycles. The van der Waals surface area contributed by atoms with Gasteiger partial charge in [0.15, 0.2) is 0 Å². The zero-order valence-corrected chi connectivity index (χ0v) is 15.7. The maximum absolute atomic E-state index is 13.1. The molecule has 0 unspecified atom stereocenters. The average molecular weight is 375 g/mol. The summed E-state index contributed by atoms with van der Waals surface area (Å²) in [6, 6.07) is 8.74. The molecule has 7 heteroatoms. The third-order valence-electron chi connectivity index (χ3n) is 3.69. The number of thiophene rings is 1. The number of anilines is 1. The topological polar surface area (TPSA) is 55.8 Å². The predicted octanol–water partition coefficient (Wildman–Crippen LogP) is 3.80. The fourth-order valence-corrected chi connectivity index (χ4v) is 4.26. The predicted molar refractivity (Wildman–Crippen MR) is 101 cm³/mol. The Morgan fingerprint density at radius 3 is 2.28 bits per heavy atom. The number of benzene rings is 1. The van der Waals surface area contributed by atoms with Gasteiger partial charge < -0.3 is 9.47 Å². The second kappa shape index (κ2) is 7.33. The quantitative estimate of drug-likeness (QED) is 0.719. The van der Waals surface area contributed by atoms with Crippen molar-refractivity contribution in [2.45, 2.75) is 6.92 Å². The molecule has 0 aliphatic carbocycles. The monoisotopic (exact) mass is 375 g/mol. The number of carbonyl (C=O) groups is 2. The minimum Gasteiger partial charge on any atom is -0.497 e. The summed E-state index contributed by atoms with van der Waals surface area (Å²) in [6.07, 6.45) is 0. The molecular formula is C18H17NO4S2. The van der Waals surface area contributed by atoms with Gasteiger partial charge in [0.25, 0.3) is 11.8 Å². The van der Waals surface area contributed by atoms with Gasteiger partial charge in [-0.3, -0.25) is 9.59 Å². The SMILES string of the molecule is CCSC1=C(c2cccs2)C(=O)N(c2cc(OC)cc(OC)c2)C1=O. The lowest BCUT2D eigenvalue weighted by Crippen LogP contribution is -2.31. The molecule has 0 fully saturated rings. The first-order valence-electron chi connectivity index (χ1n) is 7.63. The first-order valence-corrected chi connectivity index (χ1v) is 9.50. The van der Waals surface area contributed by atoms with Crippen LogP contribution in [0.15, 0.2) is 40.6 Å². The lowest BCUT2D eigenvalue weighted by Gasteiger charge is -2.17. The molecule has 0 atom stereocenters. The van der Waals surface area contributed by atoms with Crippen LogP contribution >= 0.6 is 23.1 Å². The molecule has 0 radical (unpaired) electrons. The standard InChI is InChI=1S/C18H17NO4S2/c1-4-24-16-15(14-6-5-7-25-14)17(20)19(18(16)21)11-8-12(22-2)10-13(9-11)23-3/h5-10H,4H2,1-3H3. The van der Waals surface area contributed by atoms with Crippen LogP contribution in [0.2, 0.25) is 0 Å². The van der Waals surface area contributed by atoms with Crippen LogP contribution in [0, 0.1) is 0 Å². The van der Waals surface area contributed by atoms with Crippen LogP contribution in [0.1, 0.15) is 11.8 Å². The van der Waals surface area contributed by atoms with Crippen LogP contribution in [0.3, 0.4) is 0 Å². The van der Waals surface area contributed by atoms with Crippen LogP contribution in [0.4, 0.5) is 5.69 Å². The molecule has 0 saturated carbocycles. The van der Waals surface area contributed by atoms with E-state index in [9.17, 15) is 9.59 Å². The van der Waals surface area contributed by atoms with Crippen molar-refractivity contribution in [2.24, 2.45) is 0 Å². The smallest absolute Gasteiger partial charge is 0.272 e. The molecule has 130 valence electrons. The van der Waals surface area contributed by atoms with Crippen molar-refractivity contribution >= 4 is 46.2 Å². The van der Waals surface area contributed by atoms with Crippen LogP contribution in [0.5, 0.6) is 11.5 Å². The highest BCUT2D eigenvalue weighted by Gasteiger charge is 2.40. The number of nitrogens with zero attached hydrogens (tertiary/aromatic N) is 1. The molecular weight excluding hydrogens is 358 g/mol. The Hall–Kier alpha value is -2.25. The third-order valence-corrected chi connectivity index (χ3v) is 5.54. The molecule has 1 aliphatic rings. The van der Waals surface area contributed by atoms with Gasteiger partial charge in [-0.05, 0) is 17.2 Å². The third kappa shape index (κ3) is 3.17. The van der Waals surface area contributed by atoms with Crippen molar-refractivity contribution in [3.63, 3.8) is 0 Å². The van der Waals surface area contributed by atoms with Gasteiger partial charge >= 0.3 is 0 Å². The summed E-state index contributed by atoms with van der Waals surface area (Å²) in [5, 5.41) is 1.89. The van der Waals surface area contributed by atoms with E-state index in [2.05, 4.69) is 0 Å². The van der Waals surface area contributed by atoms with E-state index in [1.165, 1.54) is 42.2 Å². The molecule has 2 heterocycles. The minimum atomic E-state index is -0.321. The fraction of sp³-hybridized carbons (Fsp3) is 0.222. The highest BCUT2D eigenvalue weighted by Crippen LogP contribution is 2.41. The number of rotatable bonds is 6. The highest BCUT2D eigenvalue weighted by molar-refractivity contribution is 8.04. The normalized spacial score (nSPS) is 14.4. The van der Waals surface area contributed by atoms with Crippen molar-refractivity contribution in [3.05, 3.63) is 45.5 Å². The number of hydrogen-bond donors (Lipinski definition) is 0. The minimum absolute atomic E-state index is 0.310. The summed E-state index contributed by atoms with van der Waals surface area (Å²) in [5.74, 6) is 1.11. The molecule has 0 bridgehead atoms. The average Bonchev–Trinajstić information content (AvgIpc) is 3.22. The summed E-state index contributed by atoms with van der Waals surface area (Å²) in [5.41, 5.74) is 0.903. The molecule has 0 N–H and O–H groups in total. The largest absolute Gasteiger partial charge is 0.497 e. The Labute approximate surface area is 154 Å². The Balaban J connectivity index is 2.09. The zero-order valence-electron chi connectivity index (χ0n) is 14.1. The van der Waals surface area contributed by atoms with Gasteiger partial charge in [0.05, 0.1) is 30.4 Å². The molecule has 1 aromatic heterocycles. The van der Waals surface area contributed by atoms with E-state index in [0.29, 0.717) is 33.4 Å². The van der Waals surface area contributed by atoms with Gasteiger partial charge in [0, 0.05) is 23.1 Å². The van der Waals surface area contributed by atoms with E-state index in [4.69, 9.17) is 9.47 Å². The Bertz CT molecular complexity index is 821. The summed E-state index contributed by atoms with van der Waals surface area (Å²) >= 11 is 2.83. The number of hydrogen-bond acceptors (Lipinski definition) is 6. The van der Waals surface area contributed by atoms with E-state index < -0.39 is 0 Å². The van der Waals surface area contributed by atoms with Crippen LogP contribution in [0.25, 0.3) is 5.57 Å². The Kier molecular flexibility index (Phi) is 5.15. The molecule has 5 nitrogen and oxygen atoms in total. The molecule has 0 spiro atoms. The molecule has 3 rings (SSSR count). The van der Waals surface area contributed by atoms with E-state index in [0.717, 1.165) is 4.88 Å². The van der Waals surface area contributed by atoms with Crippen molar-refractivity contribution < 1.29 is 19.1 Å². The molecule has 2 amide bonds. The maximum Gasteiger partial charge on any atom is 0.272 e. The van der Waals surface area contributed by atoms with Gasteiger partial charge in [-0.25, -0.2) is 4.90 Å². The number of imide groups is 1. The first-order chi connectivity index (χ1) is 12.1. The van der Waals surface area contributed by atoms with Crippen molar-refractivity contribution in [2.75, 3.05) is 24.9 Å². The van der Waals surface area contributed by atoms with E-state index >= 15 is 0 Å². The van der Waals surface area contributed by atoms with E-state index in [1.54, 1.807) is 18.2 Å². The number of ether oxygens (including phenoxy) is 2. The van der Waals surface area contributed by atoms with Gasteiger partial charge in [-0.2, -0.15) is 0 Å².